The van der Waals surface area contributed by atoms with E-state index >= 15 is 0 Å². The number of carbonyl (C=O) groups is 1. The fraction of sp³-hybridized carbons (Fsp3) is 0.231. The van der Waals surface area contributed by atoms with Gasteiger partial charge in [0.2, 0.25) is 5.88 Å². The van der Waals surface area contributed by atoms with Crippen LogP contribution in [-0.4, -0.2) is 23.7 Å². The van der Waals surface area contributed by atoms with Gasteiger partial charge in [-0.1, -0.05) is 11.6 Å². The number of ether oxygens (including phenoxy) is 1. The standard InChI is InChI=1S/C13H10ClF3N2O3/c14-10-4-8(5-19-12(10)22-7-13(15,16)17)11(20)18-6-9-2-1-3-21-9/h1-5H,6-7H2,(H,18,20). The third-order valence-corrected chi connectivity index (χ3v) is 2.72. The Balaban J connectivity index is 1.97. The number of alkyl halides is 3. The van der Waals surface area contributed by atoms with Crippen LogP contribution in [0.3, 0.4) is 0 Å². The van der Waals surface area contributed by atoms with Gasteiger partial charge in [-0.15, -0.1) is 0 Å². The van der Waals surface area contributed by atoms with Gasteiger partial charge >= 0.3 is 6.18 Å². The summed E-state index contributed by atoms with van der Waals surface area (Å²) in [5.41, 5.74) is 0.0934. The molecule has 0 spiro atoms. The number of halogens is 4. The highest BCUT2D eigenvalue weighted by molar-refractivity contribution is 6.32. The fourth-order valence-corrected chi connectivity index (χ4v) is 1.71. The predicted molar refractivity (Wildman–Crippen MR) is 70.7 cm³/mol. The van der Waals surface area contributed by atoms with E-state index < -0.39 is 18.7 Å². The van der Waals surface area contributed by atoms with Crippen LogP contribution < -0.4 is 10.1 Å². The molecule has 0 saturated heterocycles. The second kappa shape index (κ2) is 6.69. The zero-order chi connectivity index (χ0) is 16.2. The van der Waals surface area contributed by atoms with Gasteiger partial charge in [0.1, 0.15) is 10.8 Å². The number of carbonyl (C=O) groups excluding carboxylic acids is 1. The van der Waals surface area contributed by atoms with Gasteiger partial charge < -0.3 is 14.5 Å². The second-order valence-electron chi connectivity index (χ2n) is 4.18. The minimum Gasteiger partial charge on any atom is -0.467 e. The highest BCUT2D eigenvalue weighted by Gasteiger charge is 2.29. The molecule has 2 aromatic heterocycles. The van der Waals surface area contributed by atoms with Crippen molar-refractivity contribution in [3.63, 3.8) is 0 Å². The van der Waals surface area contributed by atoms with Crippen molar-refractivity contribution in [3.8, 4) is 5.88 Å². The number of rotatable bonds is 5. The highest BCUT2D eigenvalue weighted by Crippen LogP contribution is 2.24. The number of amides is 1. The lowest BCUT2D eigenvalue weighted by molar-refractivity contribution is -0.154. The Morgan fingerprint density at radius 1 is 1.45 bits per heavy atom. The van der Waals surface area contributed by atoms with E-state index in [0.29, 0.717) is 5.76 Å². The van der Waals surface area contributed by atoms with E-state index in [1.54, 1.807) is 12.1 Å². The van der Waals surface area contributed by atoms with Crippen molar-refractivity contribution in [1.82, 2.24) is 10.3 Å². The van der Waals surface area contributed by atoms with Gasteiger partial charge in [-0.05, 0) is 18.2 Å². The normalized spacial score (nSPS) is 11.3. The van der Waals surface area contributed by atoms with E-state index in [2.05, 4.69) is 15.0 Å². The molecule has 0 fully saturated rings. The maximum atomic E-state index is 12.0. The maximum absolute atomic E-state index is 12.0. The van der Waals surface area contributed by atoms with E-state index in [1.807, 2.05) is 0 Å². The molecule has 0 bridgehead atoms. The summed E-state index contributed by atoms with van der Waals surface area (Å²) in [6, 6.07) is 4.53. The number of hydrogen-bond acceptors (Lipinski definition) is 4. The van der Waals surface area contributed by atoms with Crippen LogP contribution in [0.1, 0.15) is 16.1 Å². The largest absolute Gasteiger partial charge is 0.467 e. The maximum Gasteiger partial charge on any atom is 0.422 e. The second-order valence-corrected chi connectivity index (χ2v) is 4.58. The molecule has 0 radical (unpaired) electrons. The molecule has 2 aromatic rings. The first-order valence-electron chi connectivity index (χ1n) is 6.01. The van der Waals surface area contributed by atoms with Crippen LogP contribution in [0.15, 0.2) is 35.1 Å². The molecule has 2 rings (SSSR count). The van der Waals surface area contributed by atoms with Gasteiger partial charge in [-0.25, -0.2) is 4.98 Å². The summed E-state index contributed by atoms with van der Waals surface area (Å²) in [6.45, 7) is -1.35. The summed E-state index contributed by atoms with van der Waals surface area (Å²) in [5.74, 6) is -0.327. The molecule has 0 aliphatic rings. The topological polar surface area (TPSA) is 64.4 Å². The Bertz CT molecular complexity index is 644. The van der Waals surface area contributed by atoms with Gasteiger partial charge in [-0.2, -0.15) is 13.2 Å². The molecule has 1 amide bonds. The van der Waals surface area contributed by atoms with Gasteiger partial charge in [0.15, 0.2) is 6.61 Å². The average Bonchev–Trinajstić information content (AvgIpc) is 2.95. The van der Waals surface area contributed by atoms with Crippen molar-refractivity contribution in [3.05, 3.63) is 47.0 Å². The van der Waals surface area contributed by atoms with E-state index in [9.17, 15) is 18.0 Å². The zero-order valence-electron chi connectivity index (χ0n) is 11.0. The van der Waals surface area contributed by atoms with Crippen LogP contribution in [0.2, 0.25) is 5.02 Å². The Hall–Kier alpha value is -2.22. The molecule has 1 N–H and O–H groups in total. The van der Waals surface area contributed by atoms with E-state index in [1.165, 1.54) is 12.3 Å². The first-order chi connectivity index (χ1) is 10.3. The molecule has 0 aliphatic heterocycles. The Morgan fingerprint density at radius 2 is 2.23 bits per heavy atom. The quantitative estimate of drug-likeness (QED) is 0.912. The van der Waals surface area contributed by atoms with Gasteiger partial charge in [0.05, 0.1) is 18.4 Å². The van der Waals surface area contributed by atoms with E-state index in [-0.39, 0.29) is 23.0 Å². The molecular formula is C13H10ClF3N2O3. The number of hydrogen-bond donors (Lipinski definition) is 1. The van der Waals surface area contributed by atoms with Crippen molar-refractivity contribution in [2.75, 3.05) is 6.61 Å². The van der Waals surface area contributed by atoms with Crippen molar-refractivity contribution in [2.45, 2.75) is 12.7 Å². The number of nitrogens with one attached hydrogen (secondary N) is 1. The third-order valence-electron chi connectivity index (χ3n) is 2.45. The van der Waals surface area contributed by atoms with Crippen molar-refractivity contribution >= 4 is 17.5 Å². The third kappa shape index (κ3) is 4.66. The number of pyridine rings is 1. The molecule has 0 atom stereocenters. The summed E-state index contributed by atoms with van der Waals surface area (Å²) in [7, 11) is 0. The fourth-order valence-electron chi connectivity index (χ4n) is 1.49. The van der Waals surface area contributed by atoms with Gasteiger partial charge in [0, 0.05) is 6.20 Å². The molecule has 9 heteroatoms. The SMILES string of the molecule is O=C(NCc1ccco1)c1cnc(OCC(F)(F)F)c(Cl)c1. The molecule has 0 aromatic carbocycles. The summed E-state index contributed by atoms with van der Waals surface area (Å²) in [5, 5.41) is 2.37. The molecule has 0 aliphatic carbocycles. The molecule has 2 heterocycles. The van der Waals surface area contributed by atoms with Gasteiger partial charge in [0.25, 0.3) is 5.91 Å². The van der Waals surface area contributed by atoms with E-state index in [0.717, 1.165) is 6.20 Å². The Morgan fingerprint density at radius 3 is 2.82 bits per heavy atom. The lowest BCUT2D eigenvalue weighted by atomic mass is 10.2. The van der Waals surface area contributed by atoms with Crippen LogP contribution in [0.4, 0.5) is 13.2 Å². The molecule has 5 nitrogen and oxygen atoms in total. The average molecular weight is 335 g/mol. The summed E-state index contributed by atoms with van der Waals surface area (Å²) < 4.78 is 45.6. The molecule has 22 heavy (non-hydrogen) atoms. The van der Waals surface area contributed by atoms with Crippen LogP contribution >= 0.6 is 11.6 Å². The first-order valence-corrected chi connectivity index (χ1v) is 6.38. The predicted octanol–water partition coefficient (Wildman–Crippen LogP) is 3.20. The van der Waals surface area contributed by atoms with Crippen LogP contribution in [0.25, 0.3) is 0 Å². The smallest absolute Gasteiger partial charge is 0.422 e. The molecular weight excluding hydrogens is 325 g/mol. The summed E-state index contributed by atoms with van der Waals surface area (Å²) in [6.07, 6.45) is -1.95. The van der Waals surface area contributed by atoms with E-state index in [4.69, 9.17) is 16.0 Å². The Labute approximate surface area is 128 Å². The monoisotopic (exact) mass is 334 g/mol. The van der Waals surface area contributed by atoms with Crippen molar-refractivity contribution in [1.29, 1.82) is 0 Å². The molecule has 0 unspecified atom stereocenters. The van der Waals surface area contributed by atoms with Crippen LogP contribution in [0, 0.1) is 0 Å². The first kappa shape index (κ1) is 16.2. The minimum absolute atomic E-state index is 0.0934. The lowest BCUT2D eigenvalue weighted by Crippen LogP contribution is -2.23. The minimum atomic E-state index is -4.50. The van der Waals surface area contributed by atoms with Crippen molar-refractivity contribution in [2.24, 2.45) is 0 Å². The number of furan rings is 1. The number of nitrogens with zero attached hydrogens (tertiary/aromatic N) is 1. The number of aromatic nitrogens is 1. The van der Waals surface area contributed by atoms with Crippen molar-refractivity contribution < 1.29 is 27.1 Å². The highest BCUT2D eigenvalue weighted by atomic mass is 35.5. The lowest BCUT2D eigenvalue weighted by Gasteiger charge is -2.10. The zero-order valence-corrected chi connectivity index (χ0v) is 11.7. The van der Waals surface area contributed by atoms with Crippen LogP contribution in [0.5, 0.6) is 5.88 Å². The molecule has 0 saturated carbocycles. The van der Waals surface area contributed by atoms with Crippen LogP contribution in [-0.2, 0) is 6.54 Å². The summed E-state index contributed by atoms with van der Waals surface area (Å²) in [4.78, 5) is 15.5. The van der Waals surface area contributed by atoms with Gasteiger partial charge in [-0.3, -0.25) is 4.79 Å². The Kier molecular flexibility index (Phi) is 4.92. The summed E-state index contributed by atoms with van der Waals surface area (Å²) >= 11 is 5.75. The molecule has 118 valence electrons.